The van der Waals surface area contributed by atoms with E-state index in [-0.39, 0.29) is 0 Å². The Balaban J connectivity index is 0.000000581. The smallest absolute Gasteiger partial charge is 0.133 e. The predicted molar refractivity (Wildman–Crippen MR) is 72.5 cm³/mol. The minimum atomic E-state index is 0.424. The van der Waals surface area contributed by atoms with Crippen molar-refractivity contribution >= 4 is 11.6 Å². The monoisotopic (exact) mass is 258 g/mol. The number of aromatic nitrogens is 2. The SMILES string of the molecule is CC.CC.Clc1ccnc(C2CCOCC2)n1. The maximum absolute atomic E-state index is 5.78. The zero-order chi connectivity index (χ0) is 13.1. The lowest BCUT2D eigenvalue weighted by atomic mass is 10.00. The molecule has 0 atom stereocenters. The summed E-state index contributed by atoms with van der Waals surface area (Å²) in [6.45, 7) is 9.61. The first-order chi connectivity index (χ1) is 8.36. The Kier molecular flexibility index (Phi) is 10.1. The minimum absolute atomic E-state index is 0.424. The number of nitrogens with zero attached hydrogens (tertiary/aromatic N) is 2. The van der Waals surface area contributed by atoms with Crippen LogP contribution < -0.4 is 0 Å². The lowest BCUT2D eigenvalue weighted by molar-refractivity contribution is 0.0836. The molecule has 0 saturated carbocycles. The second kappa shape index (κ2) is 10.5. The molecule has 0 aliphatic carbocycles. The molecule has 2 heterocycles. The average molecular weight is 259 g/mol. The molecular formula is C13H23ClN2O. The van der Waals surface area contributed by atoms with Crippen molar-refractivity contribution < 1.29 is 4.74 Å². The van der Waals surface area contributed by atoms with Crippen molar-refractivity contribution in [3.05, 3.63) is 23.2 Å². The second-order valence-electron chi connectivity index (χ2n) is 3.12. The van der Waals surface area contributed by atoms with Crippen molar-refractivity contribution in [1.82, 2.24) is 9.97 Å². The third-order valence-corrected chi connectivity index (χ3v) is 2.44. The summed E-state index contributed by atoms with van der Waals surface area (Å²) in [7, 11) is 0. The van der Waals surface area contributed by atoms with Crippen LogP contribution in [-0.4, -0.2) is 23.2 Å². The molecule has 98 valence electrons. The average Bonchev–Trinajstić information content (AvgIpc) is 2.44. The fourth-order valence-electron chi connectivity index (χ4n) is 1.50. The maximum atomic E-state index is 5.78. The van der Waals surface area contributed by atoms with Crippen molar-refractivity contribution in [2.24, 2.45) is 0 Å². The molecule has 3 nitrogen and oxygen atoms in total. The van der Waals surface area contributed by atoms with Gasteiger partial charge in [0.05, 0.1) is 0 Å². The number of hydrogen-bond donors (Lipinski definition) is 0. The van der Waals surface area contributed by atoms with Crippen LogP contribution in [0.5, 0.6) is 0 Å². The largest absolute Gasteiger partial charge is 0.381 e. The molecule has 1 saturated heterocycles. The van der Waals surface area contributed by atoms with Crippen molar-refractivity contribution in [1.29, 1.82) is 0 Å². The summed E-state index contributed by atoms with van der Waals surface area (Å²) in [5, 5.41) is 0.525. The predicted octanol–water partition coefficient (Wildman–Crippen LogP) is 4.08. The molecule has 0 N–H and O–H groups in total. The van der Waals surface area contributed by atoms with Gasteiger partial charge >= 0.3 is 0 Å². The summed E-state index contributed by atoms with van der Waals surface area (Å²) >= 11 is 5.78. The highest BCUT2D eigenvalue weighted by molar-refractivity contribution is 6.29. The van der Waals surface area contributed by atoms with E-state index in [2.05, 4.69) is 9.97 Å². The summed E-state index contributed by atoms with van der Waals surface area (Å²) < 4.78 is 5.26. The van der Waals surface area contributed by atoms with Crippen LogP contribution in [0.3, 0.4) is 0 Å². The van der Waals surface area contributed by atoms with Gasteiger partial charge < -0.3 is 4.74 Å². The molecule has 0 unspecified atom stereocenters. The van der Waals surface area contributed by atoms with Crippen LogP contribution in [-0.2, 0) is 4.74 Å². The molecule has 17 heavy (non-hydrogen) atoms. The van der Waals surface area contributed by atoms with Crippen molar-refractivity contribution in [3.63, 3.8) is 0 Å². The highest BCUT2D eigenvalue weighted by Crippen LogP contribution is 2.24. The normalized spacial score (nSPS) is 15.1. The van der Waals surface area contributed by atoms with E-state index in [1.165, 1.54) is 0 Å². The van der Waals surface area contributed by atoms with Gasteiger partial charge in [0.15, 0.2) is 0 Å². The Morgan fingerprint density at radius 1 is 1.18 bits per heavy atom. The first-order valence-corrected chi connectivity index (χ1v) is 6.80. The third-order valence-electron chi connectivity index (χ3n) is 2.23. The van der Waals surface area contributed by atoms with Gasteiger partial charge in [0.2, 0.25) is 0 Å². The molecule has 1 aromatic rings. The van der Waals surface area contributed by atoms with Gasteiger partial charge in [-0.1, -0.05) is 39.3 Å². The van der Waals surface area contributed by atoms with Crippen LogP contribution in [0.25, 0.3) is 0 Å². The zero-order valence-corrected chi connectivity index (χ0v) is 12.0. The van der Waals surface area contributed by atoms with Gasteiger partial charge in [-0.05, 0) is 18.9 Å². The van der Waals surface area contributed by atoms with E-state index in [0.717, 1.165) is 31.9 Å². The second-order valence-corrected chi connectivity index (χ2v) is 3.51. The third kappa shape index (κ3) is 5.99. The van der Waals surface area contributed by atoms with Gasteiger partial charge in [-0.25, -0.2) is 9.97 Å². The van der Waals surface area contributed by atoms with E-state index in [1.807, 2.05) is 27.7 Å². The number of hydrogen-bond acceptors (Lipinski definition) is 3. The lowest BCUT2D eigenvalue weighted by Crippen LogP contribution is -2.16. The Morgan fingerprint density at radius 2 is 1.76 bits per heavy atom. The van der Waals surface area contributed by atoms with Gasteiger partial charge in [-0.15, -0.1) is 0 Å². The summed E-state index contributed by atoms with van der Waals surface area (Å²) in [4.78, 5) is 8.41. The molecular weight excluding hydrogens is 236 g/mol. The summed E-state index contributed by atoms with van der Waals surface area (Å²) in [6, 6.07) is 1.70. The quantitative estimate of drug-likeness (QED) is 0.712. The molecule has 0 radical (unpaired) electrons. The minimum Gasteiger partial charge on any atom is -0.381 e. The van der Waals surface area contributed by atoms with Crippen LogP contribution in [0.2, 0.25) is 5.15 Å². The fourth-order valence-corrected chi connectivity index (χ4v) is 1.65. The molecule has 0 amide bonds. The van der Waals surface area contributed by atoms with E-state index < -0.39 is 0 Å². The van der Waals surface area contributed by atoms with E-state index in [9.17, 15) is 0 Å². The summed E-state index contributed by atoms with van der Waals surface area (Å²) in [5.41, 5.74) is 0. The van der Waals surface area contributed by atoms with Gasteiger partial charge in [-0.3, -0.25) is 0 Å². The van der Waals surface area contributed by atoms with Crippen molar-refractivity contribution in [2.45, 2.75) is 46.5 Å². The van der Waals surface area contributed by atoms with Crippen LogP contribution in [0.1, 0.15) is 52.3 Å². The van der Waals surface area contributed by atoms with E-state index in [1.54, 1.807) is 12.3 Å². The molecule has 0 aromatic carbocycles. The number of ether oxygens (including phenoxy) is 1. The zero-order valence-electron chi connectivity index (χ0n) is 11.2. The van der Waals surface area contributed by atoms with Crippen molar-refractivity contribution in [3.8, 4) is 0 Å². The summed E-state index contributed by atoms with van der Waals surface area (Å²) in [6.07, 6.45) is 3.71. The van der Waals surface area contributed by atoms with Gasteiger partial charge in [0.1, 0.15) is 11.0 Å². The Hall–Kier alpha value is -0.670. The van der Waals surface area contributed by atoms with E-state index in [4.69, 9.17) is 16.3 Å². The molecule has 1 fully saturated rings. The Bertz CT molecular complexity index is 289. The molecule has 4 heteroatoms. The topological polar surface area (TPSA) is 35.0 Å². The van der Waals surface area contributed by atoms with Crippen LogP contribution in [0.4, 0.5) is 0 Å². The van der Waals surface area contributed by atoms with Gasteiger partial charge in [0, 0.05) is 25.3 Å². The highest BCUT2D eigenvalue weighted by atomic mass is 35.5. The first kappa shape index (κ1) is 16.3. The molecule has 1 aliphatic heterocycles. The van der Waals surface area contributed by atoms with E-state index >= 15 is 0 Å². The van der Waals surface area contributed by atoms with Gasteiger partial charge in [0.25, 0.3) is 0 Å². The number of rotatable bonds is 1. The molecule has 1 aliphatic rings. The van der Waals surface area contributed by atoms with Crippen molar-refractivity contribution in [2.75, 3.05) is 13.2 Å². The lowest BCUT2D eigenvalue weighted by Gasteiger charge is -2.20. The Labute approximate surface area is 110 Å². The molecule has 0 spiro atoms. The molecule has 0 bridgehead atoms. The molecule has 2 rings (SSSR count). The summed E-state index contributed by atoms with van der Waals surface area (Å²) in [5.74, 6) is 1.28. The van der Waals surface area contributed by atoms with Gasteiger partial charge in [-0.2, -0.15) is 0 Å². The standard InChI is InChI=1S/C9H11ClN2O.2C2H6/c10-8-1-4-11-9(12-8)7-2-5-13-6-3-7;2*1-2/h1,4,7H,2-3,5-6H2;2*1-2H3. The molecule has 1 aromatic heterocycles. The first-order valence-electron chi connectivity index (χ1n) is 6.42. The van der Waals surface area contributed by atoms with E-state index in [0.29, 0.717) is 11.1 Å². The van der Waals surface area contributed by atoms with Crippen LogP contribution in [0, 0.1) is 0 Å². The van der Waals surface area contributed by atoms with Crippen LogP contribution >= 0.6 is 11.6 Å². The van der Waals surface area contributed by atoms with Crippen LogP contribution in [0.15, 0.2) is 12.3 Å². The fraction of sp³-hybridized carbons (Fsp3) is 0.692. The maximum Gasteiger partial charge on any atom is 0.133 e. The highest BCUT2D eigenvalue weighted by Gasteiger charge is 2.18. The Morgan fingerprint density at radius 3 is 2.29 bits per heavy atom. The number of halogens is 1.